The normalized spacial score (nSPS) is 15.3. The molecular formula is C17H25FN2O2. The third-order valence-corrected chi connectivity index (χ3v) is 4.49. The van der Waals surface area contributed by atoms with Crippen LogP contribution >= 0.6 is 0 Å². The van der Waals surface area contributed by atoms with E-state index in [0.717, 1.165) is 6.54 Å². The maximum absolute atomic E-state index is 14.0. The van der Waals surface area contributed by atoms with E-state index in [4.69, 9.17) is 4.74 Å². The van der Waals surface area contributed by atoms with E-state index in [0.29, 0.717) is 18.3 Å². The van der Waals surface area contributed by atoms with Crippen LogP contribution in [0.2, 0.25) is 0 Å². The molecule has 5 heteroatoms. The predicted octanol–water partition coefficient (Wildman–Crippen LogP) is 2.78. The van der Waals surface area contributed by atoms with Gasteiger partial charge in [-0.05, 0) is 32.0 Å². The highest BCUT2D eigenvalue weighted by Crippen LogP contribution is 2.22. The zero-order valence-electron chi connectivity index (χ0n) is 13.6. The summed E-state index contributed by atoms with van der Waals surface area (Å²) in [5.74, 6) is -0.419. The number of carbonyl (C=O) groups excluding carboxylic acids is 1. The van der Waals surface area contributed by atoms with Crippen LogP contribution in [0.1, 0.15) is 36.0 Å². The number of benzene rings is 1. The zero-order chi connectivity index (χ0) is 16.1. The van der Waals surface area contributed by atoms with Crippen molar-refractivity contribution in [3.05, 3.63) is 29.6 Å². The van der Waals surface area contributed by atoms with Gasteiger partial charge in [0.25, 0.3) is 5.91 Å². The summed E-state index contributed by atoms with van der Waals surface area (Å²) < 4.78 is 18.9. The van der Waals surface area contributed by atoms with Crippen LogP contribution in [0.3, 0.4) is 0 Å². The Hall–Kier alpha value is -1.62. The second-order valence-electron chi connectivity index (χ2n) is 5.99. The Morgan fingerprint density at radius 2 is 1.95 bits per heavy atom. The van der Waals surface area contributed by atoms with Crippen molar-refractivity contribution < 1.29 is 13.9 Å². The molecule has 0 aromatic heterocycles. The van der Waals surface area contributed by atoms with Gasteiger partial charge >= 0.3 is 0 Å². The van der Waals surface area contributed by atoms with Crippen LogP contribution in [-0.4, -0.2) is 56.0 Å². The van der Waals surface area contributed by atoms with Gasteiger partial charge in [0, 0.05) is 32.2 Å². The summed E-state index contributed by atoms with van der Waals surface area (Å²) in [6.45, 7) is 1.40. The summed E-state index contributed by atoms with van der Waals surface area (Å²) >= 11 is 0. The Bertz CT molecular complexity index is 515. The topological polar surface area (TPSA) is 32.8 Å². The minimum Gasteiger partial charge on any atom is -0.497 e. The average molecular weight is 308 g/mol. The van der Waals surface area contributed by atoms with E-state index < -0.39 is 5.82 Å². The van der Waals surface area contributed by atoms with E-state index in [1.165, 1.54) is 44.9 Å². The van der Waals surface area contributed by atoms with Crippen molar-refractivity contribution in [2.24, 2.45) is 0 Å². The molecule has 0 unspecified atom stereocenters. The van der Waals surface area contributed by atoms with Crippen molar-refractivity contribution in [2.75, 3.05) is 34.3 Å². The minimum atomic E-state index is -0.541. The second kappa shape index (κ2) is 7.58. The monoisotopic (exact) mass is 308 g/mol. The molecular weight excluding hydrogens is 283 g/mol. The molecule has 0 heterocycles. The number of halogens is 1. The third-order valence-electron chi connectivity index (χ3n) is 4.49. The van der Waals surface area contributed by atoms with Crippen LogP contribution in [0.4, 0.5) is 4.39 Å². The molecule has 1 saturated carbocycles. The first-order chi connectivity index (χ1) is 10.5. The molecule has 1 fully saturated rings. The van der Waals surface area contributed by atoms with E-state index in [2.05, 4.69) is 11.9 Å². The maximum Gasteiger partial charge on any atom is 0.256 e. The molecule has 2 rings (SSSR count). The lowest BCUT2D eigenvalue weighted by molar-refractivity contribution is 0.0770. The van der Waals surface area contributed by atoms with Gasteiger partial charge in [-0.25, -0.2) is 4.39 Å². The fourth-order valence-electron chi connectivity index (χ4n) is 2.94. The number of hydrogen-bond acceptors (Lipinski definition) is 3. The first kappa shape index (κ1) is 16.7. The summed E-state index contributed by atoms with van der Waals surface area (Å²) in [5, 5.41) is 0. The molecule has 1 aromatic rings. The van der Waals surface area contributed by atoms with E-state index in [1.54, 1.807) is 18.0 Å². The summed E-state index contributed by atoms with van der Waals surface area (Å²) in [6.07, 6.45) is 5.06. The van der Waals surface area contributed by atoms with E-state index >= 15 is 0 Å². The lowest BCUT2D eigenvalue weighted by Gasteiger charge is -2.27. The Morgan fingerprint density at radius 3 is 2.55 bits per heavy atom. The number of likely N-dealkylation sites (N-methyl/N-ethyl adjacent to an activating group) is 2. The lowest BCUT2D eigenvalue weighted by Crippen LogP contribution is -2.38. The van der Waals surface area contributed by atoms with E-state index in [9.17, 15) is 9.18 Å². The average Bonchev–Trinajstić information content (AvgIpc) is 3.05. The number of ether oxygens (including phenoxy) is 1. The fourth-order valence-corrected chi connectivity index (χ4v) is 2.94. The lowest BCUT2D eigenvalue weighted by atomic mass is 10.1. The molecule has 0 bridgehead atoms. The second-order valence-corrected chi connectivity index (χ2v) is 5.99. The summed E-state index contributed by atoms with van der Waals surface area (Å²) in [4.78, 5) is 16.2. The van der Waals surface area contributed by atoms with Crippen molar-refractivity contribution in [1.82, 2.24) is 9.80 Å². The molecule has 0 saturated heterocycles. The third kappa shape index (κ3) is 3.97. The van der Waals surface area contributed by atoms with Crippen LogP contribution in [0.15, 0.2) is 18.2 Å². The first-order valence-corrected chi connectivity index (χ1v) is 7.82. The van der Waals surface area contributed by atoms with E-state index in [-0.39, 0.29) is 11.5 Å². The van der Waals surface area contributed by atoms with Gasteiger partial charge in [-0.2, -0.15) is 0 Å². The van der Waals surface area contributed by atoms with Crippen molar-refractivity contribution in [3.8, 4) is 5.75 Å². The Morgan fingerprint density at radius 1 is 1.27 bits per heavy atom. The van der Waals surface area contributed by atoms with Gasteiger partial charge in [0.1, 0.15) is 11.6 Å². The molecule has 1 aliphatic carbocycles. The van der Waals surface area contributed by atoms with Gasteiger partial charge < -0.3 is 14.5 Å². The smallest absolute Gasteiger partial charge is 0.256 e. The number of nitrogens with zero attached hydrogens (tertiary/aromatic N) is 2. The standard InChI is InChI=1S/C17H25FN2O2/c1-19(13-6-4-5-7-13)10-11-20(2)17(21)15-9-8-14(22-3)12-16(15)18/h8-9,12-13H,4-7,10-11H2,1-3H3. The number of carbonyl (C=O) groups is 1. The number of methoxy groups -OCH3 is 1. The highest BCUT2D eigenvalue weighted by atomic mass is 19.1. The highest BCUT2D eigenvalue weighted by Gasteiger charge is 2.21. The van der Waals surface area contributed by atoms with Crippen molar-refractivity contribution in [1.29, 1.82) is 0 Å². The van der Waals surface area contributed by atoms with Crippen LogP contribution in [0, 0.1) is 5.82 Å². The van der Waals surface area contributed by atoms with Gasteiger partial charge in [-0.1, -0.05) is 12.8 Å². The van der Waals surface area contributed by atoms with Crippen LogP contribution < -0.4 is 4.74 Å². The molecule has 22 heavy (non-hydrogen) atoms. The molecule has 0 N–H and O–H groups in total. The predicted molar refractivity (Wildman–Crippen MR) is 84.8 cm³/mol. The molecule has 4 nitrogen and oxygen atoms in total. The summed E-state index contributed by atoms with van der Waals surface area (Å²) in [5.41, 5.74) is 0.0896. The van der Waals surface area contributed by atoms with Crippen LogP contribution in [-0.2, 0) is 0 Å². The minimum absolute atomic E-state index is 0.0896. The molecule has 1 aromatic carbocycles. The highest BCUT2D eigenvalue weighted by molar-refractivity contribution is 5.94. The number of amides is 1. The molecule has 0 atom stereocenters. The Kier molecular flexibility index (Phi) is 5.77. The van der Waals surface area contributed by atoms with Gasteiger partial charge in [0.15, 0.2) is 0 Å². The van der Waals surface area contributed by atoms with Gasteiger partial charge in [0.05, 0.1) is 12.7 Å². The largest absolute Gasteiger partial charge is 0.497 e. The van der Waals surface area contributed by atoms with Crippen molar-refractivity contribution in [2.45, 2.75) is 31.7 Å². The molecule has 0 spiro atoms. The van der Waals surface area contributed by atoms with Crippen molar-refractivity contribution in [3.63, 3.8) is 0 Å². The van der Waals surface area contributed by atoms with Crippen LogP contribution in [0.25, 0.3) is 0 Å². The van der Waals surface area contributed by atoms with Gasteiger partial charge in [0.2, 0.25) is 0 Å². The summed E-state index contributed by atoms with van der Waals surface area (Å²) in [7, 11) is 5.29. The molecule has 122 valence electrons. The quantitative estimate of drug-likeness (QED) is 0.810. The number of rotatable bonds is 6. The fraction of sp³-hybridized carbons (Fsp3) is 0.588. The number of hydrogen-bond donors (Lipinski definition) is 0. The van der Waals surface area contributed by atoms with Gasteiger partial charge in [-0.15, -0.1) is 0 Å². The van der Waals surface area contributed by atoms with Crippen molar-refractivity contribution >= 4 is 5.91 Å². The molecule has 1 aliphatic rings. The first-order valence-electron chi connectivity index (χ1n) is 7.82. The van der Waals surface area contributed by atoms with E-state index in [1.807, 2.05) is 0 Å². The Balaban J connectivity index is 1.91. The zero-order valence-corrected chi connectivity index (χ0v) is 13.6. The summed E-state index contributed by atoms with van der Waals surface area (Å²) in [6, 6.07) is 4.95. The molecule has 1 amide bonds. The molecule has 0 radical (unpaired) electrons. The Labute approximate surface area is 131 Å². The van der Waals surface area contributed by atoms with Gasteiger partial charge in [-0.3, -0.25) is 4.79 Å². The van der Waals surface area contributed by atoms with Crippen LogP contribution in [0.5, 0.6) is 5.75 Å². The molecule has 0 aliphatic heterocycles. The maximum atomic E-state index is 14.0. The SMILES string of the molecule is COc1ccc(C(=O)N(C)CCN(C)C2CCCC2)c(F)c1.